The Morgan fingerprint density at radius 1 is 1.17 bits per heavy atom. The molecular formula is C21H23N5O2S. The molecule has 0 saturated carbocycles. The van der Waals surface area contributed by atoms with Gasteiger partial charge in [-0.2, -0.15) is 0 Å². The van der Waals surface area contributed by atoms with Gasteiger partial charge in [0.1, 0.15) is 16.8 Å². The van der Waals surface area contributed by atoms with Gasteiger partial charge in [-0.25, -0.2) is 4.68 Å². The van der Waals surface area contributed by atoms with Crippen molar-refractivity contribution in [3.05, 3.63) is 71.5 Å². The van der Waals surface area contributed by atoms with Crippen LogP contribution >= 0.6 is 11.8 Å². The highest BCUT2D eigenvalue weighted by Crippen LogP contribution is 2.37. The normalized spacial score (nSPS) is 17.9. The number of aryl methyl sites for hydroxylation is 1. The first-order valence-corrected chi connectivity index (χ1v) is 10.4. The Kier molecular flexibility index (Phi) is 5.71. The van der Waals surface area contributed by atoms with Crippen LogP contribution in [0, 0.1) is 6.92 Å². The maximum absolute atomic E-state index is 13.1. The van der Waals surface area contributed by atoms with E-state index in [1.807, 2.05) is 73.1 Å². The molecule has 0 saturated heterocycles. The van der Waals surface area contributed by atoms with Gasteiger partial charge in [-0.15, -0.1) is 10.2 Å². The van der Waals surface area contributed by atoms with Crippen LogP contribution in [0.5, 0.6) is 5.75 Å². The fraction of sp³-hybridized carbons (Fsp3) is 0.286. The first-order valence-electron chi connectivity index (χ1n) is 9.55. The SMILES string of the molecule is CCOc1ccc(C2Nn3c(C)nnc3SC2C(=O)NCc2ccccc2)cc1. The largest absolute Gasteiger partial charge is 0.494 e. The van der Waals surface area contributed by atoms with Crippen LogP contribution in [0.3, 0.4) is 0 Å². The second-order valence-corrected chi connectivity index (χ2v) is 7.82. The highest BCUT2D eigenvalue weighted by molar-refractivity contribution is 8.00. The molecule has 1 aromatic heterocycles. The minimum absolute atomic E-state index is 0.0443. The maximum atomic E-state index is 13.1. The molecule has 1 amide bonds. The average molecular weight is 410 g/mol. The minimum atomic E-state index is -0.382. The second kappa shape index (κ2) is 8.57. The molecule has 0 radical (unpaired) electrons. The quantitative estimate of drug-likeness (QED) is 0.651. The van der Waals surface area contributed by atoms with E-state index >= 15 is 0 Å². The predicted octanol–water partition coefficient (Wildman–Crippen LogP) is 3.06. The van der Waals surface area contributed by atoms with Crippen LogP contribution in [0.1, 0.15) is 29.9 Å². The van der Waals surface area contributed by atoms with Crippen molar-refractivity contribution in [3.63, 3.8) is 0 Å². The highest BCUT2D eigenvalue weighted by Gasteiger charge is 2.37. The van der Waals surface area contributed by atoms with E-state index in [1.165, 1.54) is 11.8 Å². The molecule has 2 atom stereocenters. The van der Waals surface area contributed by atoms with E-state index in [-0.39, 0.29) is 17.2 Å². The number of benzene rings is 2. The van der Waals surface area contributed by atoms with E-state index in [0.717, 1.165) is 22.7 Å². The number of ether oxygens (including phenoxy) is 1. The number of hydrogen-bond acceptors (Lipinski definition) is 6. The van der Waals surface area contributed by atoms with Crippen molar-refractivity contribution in [3.8, 4) is 5.75 Å². The van der Waals surface area contributed by atoms with Crippen LogP contribution in [0.4, 0.5) is 0 Å². The van der Waals surface area contributed by atoms with Gasteiger partial charge in [-0.1, -0.05) is 54.2 Å². The third-order valence-corrected chi connectivity index (χ3v) is 5.93. The van der Waals surface area contributed by atoms with Crippen molar-refractivity contribution < 1.29 is 9.53 Å². The summed E-state index contributed by atoms with van der Waals surface area (Å²) >= 11 is 1.42. The number of nitrogens with one attached hydrogen (secondary N) is 2. The van der Waals surface area contributed by atoms with E-state index in [0.29, 0.717) is 18.3 Å². The molecule has 2 heterocycles. The van der Waals surface area contributed by atoms with E-state index in [2.05, 4.69) is 20.9 Å². The summed E-state index contributed by atoms with van der Waals surface area (Å²) in [6, 6.07) is 17.5. The zero-order chi connectivity index (χ0) is 20.2. The second-order valence-electron chi connectivity index (χ2n) is 6.72. The summed E-state index contributed by atoms with van der Waals surface area (Å²) in [5.41, 5.74) is 5.47. The van der Waals surface area contributed by atoms with Crippen molar-refractivity contribution in [1.29, 1.82) is 0 Å². The Bertz CT molecular complexity index is 974. The molecule has 2 unspecified atom stereocenters. The minimum Gasteiger partial charge on any atom is -0.494 e. The lowest BCUT2D eigenvalue weighted by atomic mass is 10.0. The number of rotatable bonds is 6. The third kappa shape index (κ3) is 4.22. The number of aromatic nitrogens is 3. The average Bonchev–Trinajstić information content (AvgIpc) is 3.12. The summed E-state index contributed by atoms with van der Waals surface area (Å²) in [5, 5.41) is 11.7. The van der Waals surface area contributed by atoms with Gasteiger partial charge in [-0.3, -0.25) is 4.79 Å². The van der Waals surface area contributed by atoms with Crippen LogP contribution in [0.25, 0.3) is 0 Å². The van der Waals surface area contributed by atoms with Gasteiger partial charge >= 0.3 is 0 Å². The van der Waals surface area contributed by atoms with Crippen LogP contribution < -0.4 is 15.5 Å². The highest BCUT2D eigenvalue weighted by atomic mass is 32.2. The molecule has 3 aromatic rings. The molecule has 150 valence electrons. The number of thioether (sulfide) groups is 1. The molecule has 1 aliphatic heterocycles. The first-order chi connectivity index (χ1) is 14.2. The van der Waals surface area contributed by atoms with E-state index in [4.69, 9.17) is 4.74 Å². The summed E-state index contributed by atoms with van der Waals surface area (Å²) in [7, 11) is 0. The molecule has 29 heavy (non-hydrogen) atoms. The van der Waals surface area contributed by atoms with Crippen molar-refractivity contribution in [1.82, 2.24) is 20.2 Å². The molecule has 0 spiro atoms. The third-order valence-electron chi connectivity index (χ3n) is 4.72. The molecule has 8 heteroatoms. The van der Waals surface area contributed by atoms with Gasteiger partial charge < -0.3 is 15.5 Å². The topological polar surface area (TPSA) is 81.1 Å². The zero-order valence-corrected chi connectivity index (χ0v) is 17.1. The number of nitrogens with zero attached hydrogens (tertiary/aromatic N) is 3. The van der Waals surface area contributed by atoms with Crippen molar-refractivity contribution in [2.45, 2.75) is 36.8 Å². The molecule has 0 fully saturated rings. The zero-order valence-electron chi connectivity index (χ0n) is 16.3. The number of carbonyl (C=O) groups is 1. The van der Waals surface area contributed by atoms with Gasteiger partial charge in [0.15, 0.2) is 0 Å². The van der Waals surface area contributed by atoms with Crippen molar-refractivity contribution in [2.75, 3.05) is 12.0 Å². The Balaban J connectivity index is 1.57. The summed E-state index contributed by atoms with van der Waals surface area (Å²) in [6.45, 7) is 4.94. The lowest BCUT2D eigenvalue weighted by Crippen LogP contribution is -2.44. The molecule has 4 rings (SSSR count). The number of hydrogen-bond donors (Lipinski definition) is 2. The first kappa shape index (κ1) is 19.3. The van der Waals surface area contributed by atoms with Crippen LogP contribution in [0.15, 0.2) is 59.8 Å². The molecule has 0 aliphatic carbocycles. The van der Waals surface area contributed by atoms with Gasteiger partial charge in [0, 0.05) is 6.54 Å². The Hall–Kier alpha value is -3.00. The van der Waals surface area contributed by atoms with Gasteiger partial charge in [0.2, 0.25) is 11.1 Å². The molecule has 7 nitrogen and oxygen atoms in total. The lowest BCUT2D eigenvalue weighted by Gasteiger charge is -2.32. The fourth-order valence-corrected chi connectivity index (χ4v) is 4.38. The molecule has 2 aromatic carbocycles. The molecule has 0 bridgehead atoms. The Labute approximate surface area is 173 Å². The standard InChI is InChI=1S/C21H23N5O2S/c1-3-28-17-11-9-16(10-12-17)18-19(29-21-24-23-14(2)26(21)25-18)20(27)22-13-15-7-5-4-6-8-15/h4-12,18-19,25H,3,13H2,1-2H3,(H,22,27). The monoisotopic (exact) mass is 409 g/mol. The van der Waals surface area contributed by atoms with Gasteiger partial charge in [-0.05, 0) is 37.1 Å². The fourth-order valence-electron chi connectivity index (χ4n) is 3.23. The van der Waals surface area contributed by atoms with Crippen LogP contribution in [-0.4, -0.2) is 32.6 Å². The summed E-state index contributed by atoms with van der Waals surface area (Å²) in [4.78, 5) is 13.1. The van der Waals surface area contributed by atoms with Crippen LogP contribution in [-0.2, 0) is 11.3 Å². The van der Waals surface area contributed by atoms with Crippen molar-refractivity contribution >= 4 is 17.7 Å². The van der Waals surface area contributed by atoms with Gasteiger partial charge in [0.05, 0.1) is 12.6 Å². The number of fused-ring (bicyclic) bond motifs is 1. The Morgan fingerprint density at radius 2 is 1.93 bits per heavy atom. The van der Waals surface area contributed by atoms with Crippen molar-refractivity contribution in [2.24, 2.45) is 0 Å². The summed E-state index contributed by atoms with van der Waals surface area (Å²) in [6.07, 6.45) is 0. The molecular weight excluding hydrogens is 386 g/mol. The van der Waals surface area contributed by atoms with Crippen LogP contribution in [0.2, 0.25) is 0 Å². The maximum Gasteiger partial charge on any atom is 0.236 e. The summed E-state index contributed by atoms with van der Waals surface area (Å²) in [5.74, 6) is 1.52. The predicted molar refractivity (Wildman–Crippen MR) is 112 cm³/mol. The smallest absolute Gasteiger partial charge is 0.236 e. The van der Waals surface area contributed by atoms with Gasteiger partial charge in [0.25, 0.3) is 0 Å². The van der Waals surface area contributed by atoms with E-state index in [9.17, 15) is 4.79 Å². The lowest BCUT2D eigenvalue weighted by molar-refractivity contribution is -0.121. The van der Waals surface area contributed by atoms with E-state index in [1.54, 1.807) is 0 Å². The molecule has 2 N–H and O–H groups in total. The number of carbonyl (C=O) groups excluding carboxylic acids is 1. The number of amides is 1. The Morgan fingerprint density at radius 3 is 2.66 bits per heavy atom. The molecule has 1 aliphatic rings. The summed E-state index contributed by atoms with van der Waals surface area (Å²) < 4.78 is 7.38. The van der Waals surface area contributed by atoms with E-state index < -0.39 is 0 Å².